The maximum absolute atomic E-state index is 2.27. The predicted octanol–water partition coefficient (Wildman–Crippen LogP) is 5.54. The summed E-state index contributed by atoms with van der Waals surface area (Å²) in [5.74, 6) is 0.743. The lowest BCUT2D eigenvalue weighted by Crippen LogP contribution is -1.80. The minimum absolute atomic E-state index is 0.743. The highest BCUT2D eigenvalue weighted by Crippen LogP contribution is 2.32. The average molecular weight is 248 g/mol. The third-order valence-corrected chi connectivity index (χ3v) is 4.40. The van der Waals surface area contributed by atoms with Gasteiger partial charge in [0.15, 0.2) is 0 Å². The Morgan fingerprint density at radius 1 is 1.19 bits per heavy atom. The van der Waals surface area contributed by atoms with Crippen molar-refractivity contribution in [1.82, 2.24) is 0 Å². The van der Waals surface area contributed by atoms with E-state index in [0.717, 1.165) is 12.3 Å². The summed E-state index contributed by atoms with van der Waals surface area (Å²) in [6, 6.07) is 8.70. The van der Waals surface area contributed by atoms with Crippen molar-refractivity contribution in [2.24, 2.45) is 5.92 Å². The van der Waals surface area contributed by atoms with Crippen LogP contribution in [-0.4, -0.2) is 0 Å². The van der Waals surface area contributed by atoms with E-state index in [2.05, 4.69) is 55.6 Å². The molecule has 0 nitrogen and oxygen atoms in total. The second-order valence-corrected chi connectivity index (χ2v) is 6.27. The van der Waals surface area contributed by atoms with Crippen LogP contribution in [0, 0.1) is 5.92 Å². The molecular formula is C14H16S2. The number of hydrogen-bond acceptors (Lipinski definition) is 2. The number of thiophene rings is 2. The van der Waals surface area contributed by atoms with Gasteiger partial charge in [0, 0.05) is 14.6 Å². The van der Waals surface area contributed by atoms with Crippen molar-refractivity contribution in [2.75, 3.05) is 0 Å². The normalized spacial score (nSPS) is 11.7. The Hall–Kier alpha value is -0.860. The molecule has 0 radical (unpaired) electrons. The van der Waals surface area contributed by atoms with E-state index in [1.165, 1.54) is 14.6 Å². The molecule has 0 saturated carbocycles. The van der Waals surface area contributed by atoms with Crippen LogP contribution < -0.4 is 0 Å². The van der Waals surface area contributed by atoms with Gasteiger partial charge in [0.05, 0.1) is 0 Å². The Kier molecular flexibility index (Phi) is 3.97. The molecule has 84 valence electrons. The molecule has 2 heteroatoms. The van der Waals surface area contributed by atoms with E-state index in [4.69, 9.17) is 0 Å². The quantitative estimate of drug-likeness (QED) is 0.666. The highest BCUT2D eigenvalue weighted by molar-refractivity contribution is 7.21. The molecule has 16 heavy (non-hydrogen) atoms. The molecule has 0 bridgehead atoms. The van der Waals surface area contributed by atoms with Gasteiger partial charge in [-0.15, -0.1) is 22.7 Å². The molecule has 0 aromatic carbocycles. The number of allylic oxidation sites excluding steroid dienone is 1. The predicted molar refractivity (Wildman–Crippen MR) is 76.1 cm³/mol. The minimum Gasteiger partial charge on any atom is -0.143 e. The summed E-state index contributed by atoms with van der Waals surface area (Å²) in [5.41, 5.74) is 0. The summed E-state index contributed by atoms with van der Waals surface area (Å²) < 4.78 is 0. The van der Waals surface area contributed by atoms with Crippen molar-refractivity contribution in [3.63, 3.8) is 0 Å². The molecule has 2 aromatic heterocycles. The van der Waals surface area contributed by atoms with Crippen LogP contribution in [0.4, 0.5) is 0 Å². The smallest absolute Gasteiger partial charge is 0.0448 e. The lowest BCUT2D eigenvalue weighted by molar-refractivity contribution is 0.665. The van der Waals surface area contributed by atoms with Gasteiger partial charge in [-0.2, -0.15) is 0 Å². The number of rotatable bonds is 4. The van der Waals surface area contributed by atoms with E-state index in [1.807, 2.05) is 11.3 Å². The third kappa shape index (κ3) is 3.06. The largest absolute Gasteiger partial charge is 0.143 e. The fourth-order valence-corrected chi connectivity index (χ4v) is 3.22. The zero-order chi connectivity index (χ0) is 11.4. The molecule has 0 unspecified atom stereocenters. The molecule has 2 heterocycles. The number of hydrogen-bond donors (Lipinski definition) is 0. The minimum atomic E-state index is 0.743. The molecule has 0 saturated heterocycles. The van der Waals surface area contributed by atoms with Gasteiger partial charge in [-0.05, 0) is 42.0 Å². The zero-order valence-electron chi connectivity index (χ0n) is 9.64. The van der Waals surface area contributed by atoms with E-state index < -0.39 is 0 Å². The van der Waals surface area contributed by atoms with Crippen LogP contribution in [0.15, 0.2) is 35.7 Å². The molecule has 0 aliphatic rings. The Morgan fingerprint density at radius 2 is 2.06 bits per heavy atom. The van der Waals surface area contributed by atoms with Crippen LogP contribution >= 0.6 is 22.7 Å². The van der Waals surface area contributed by atoms with Gasteiger partial charge >= 0.3 is 0 Å². The van der Waals surface area contributed by atoms with Crippen LogP contribution in [0.2, 0.25) is 0 Å². The van der Waals surface area contributed by atoms with E-state index in [-0.39, 0.29) is 0 Å². The van der Waals surface area contributed by atoms with Gasteiger partial charge in [-0.25, -0.2) is 0 Å². The van der Waals surface area contributed by atoms with Gasteiger partial charge < -0.3 is 0 Å². The third-order valence-electron chi connectivity index (χ3n) is 2.28. The molecule has 0 spiro atoms. The first-order chi connectivity index (χ1) is 7.75. The molecule has 0 fully saturated rings. The summed E-state index contributed by atoms with van der Waals surface area (Å²) in [5, 5.41) is 2.13. The molecule has 2 rings (SSSR count). The summed E-state index contributed by atoms with van der Waals surface area (Å²) in [6.45, 7) is 4.49. The van der Waals surface area contributed by atoms with Gasteiger partial charge in [0.2, 0.25) is 0 Å². The van der Waals surface area contributed by atoms with E-state index >= 15 is 0 Å². The average Bonchev–Trinajstić information content (AvgIpc) is 2.85. The van der Waals surface area contributed by atoms with Crippen LogP contribution in [0.3, 0.4) is 0 Å². The molecular weight excluding hydrogens is 232 g/mol. The van der Waals surface area contributed by atoms with Crippen LogP contribution in [0.1, 0.15) is 25.1 Å². The standard InChI is InChI=1S/C14H16S2/c1-11(2)5-3-6-12-8-9-14(16-12)13-7-4-10-15-13/h3-4,6-11H,5H2,1-2H3/b6-3+. The molecule has 0 aliphatic heterocycles. The monoisotopic (exact) mass is 248 g/mol. The van der Waals surface area contributed by atoms with E-state index in [9.17, 15) is 0 Å². The van der Waals surface area contributed by atoms with Crippen molar-refractivity contribution < 1.29 is 0 Å². The first-order valence-electron chi connectivity index (χ1n) is 5.56. The maximum atomic E-state index is 2.27. The van der Waals surface area contributed by atoms with Gasteiger partial charge in [-0.3, -0.25) is 0 Å². The fraction of sp³-hybridized carbons (Fsp3) is 0.286. The lowest BCUT2D eigenvalue weighted by atomic mass is 10.1. The molecule has 0 atom stereocenters. The lowest BCUT2D eigenvalue weighted by Gasteiger charge is -1.95. The fourth-order valence-electron chi connectivity index (χ4n) is 1.45. The summed E-state index contributed by atoms with van der Waals surface area (Å²) in [7, 11) is 0. The zero-order valence-corrected chi connectivity index (χ0v) is 11.3. The van der Waals surface area contributed by atoms with Gasteiger partial charge in [-0.1, -0.05) is 26.0 Å². The van der Waals surface area contributed by atoms with Crippen LogP contribution in [-0.2, 0) is 0 Å². The van der Waals surface area contributed by atoms with Gasteiger partial charge in [0.1, 0.15) is 0 Å². The molecule has 0 N–H and O–H groups in total. The van der Waals surface area contributed by atoms with Crippen molar-refractivity contribution in [2.45, 2.75) is 20.3 Å². The van der Waals surface area contributed by atoms with Gasteiger partial charge in [0.25, 0.3) is 0 Å². The molecule has 2 aromatic rings. The van der Waals surface area contributed by atoms with E-state index in [1.54, 1.807) is 11.3 Å². The Balaban J connectivity index is 2.06. The Labute approximate surface area is 105 Å². The van der Waals surface area contributed by atoms with Crippen molar-refractivity contribution >= 4 is 28.7 Å². The topological polar surface area (TPSA) is 0 Å². The van der Waals surface area contributed by atoms with Crippen molar-refractivity contribution in [3.05, 3.63) is 40.6 Å². The second-order valence-electron chi connectivity index (χ2n) is 4.21. The molecule has 0 aliphatic carbocycles. The summed E-state index contributed by atoms with van der Waals surface area (Å²) >= 11 is 3.67. The van der Waals surface area contributed by atoms with E-state index in [0.29, 0.717) is 0 Å². The highest BCUT2D eigenvalue weighted by atomic mass is 32.1. The molecule has 0 amide bonds. The van der Waals surface area contributed by atoms with Crippen molar-refractivity contribution in [1.29, 1.82) is 0 Å². The maximum Gasteiger partial charge on any atom is 0.0448 e. The van der Waals surface area contributed by atoms with Crippen molar-refractivity contribution in [3.8, 4) is 9.75 Å². The Bertz CT molecular complexity index is 447. The second kappa shape index (κ2) is 5.46. The Morgan fingerprint density at radius 3 is 2.75 bits per heavy atom. The summed E-state index contributed by atoms with van der Waals surface area (Å²) in [6.07, 6.45) is 5.67. The first kappa shape index (κ1) is 11.6. The SMILES string of the molecule is CC(C)C/C=C/c1ccc(-c2cccs2)s1. The first-order valence-corrected chi connectivity index (χ1v) is 7.25. The highest BCUT2D eigenvalue weighted by Gasteiger charge is 2.01. The van der Waals surface area contributed by atoms with Crippen LogP contribution in [0.5, 0.6) is 0 Å². The van der Waals surface area contributed by atoms with Crippen LogP contribution in [0.25, 0.3) is 15.8 Å². The summed E-state index contributed by atoms with van der Waals surface area (Å²) in [4.78, 5) is 4.09.